The van der Waals surface area contributed by atoms with E-state index in [1.807, 2.05) is 26.8 Å². The molecular formula is C11H17NO2. The lowest BCUT2D eigenvalue weighted by Gasteiger charge is -2.28. The number of esters is 1. The van der Waals surface area contributed by atoms with E-state index in [9.17, 15) is 4.79 Å². The van der Waals surface area contributed by atoms with Crippen molar-refractivity contribution in [2.45, 2.75) is 27.7 Å². The Kier molecular flexibility index (Phi) is 4.36. The number of ether oxygens (including phenoxy) is 1. The quantitative estimate of drug-likeness (QED) is 0.511. The first-order valence-electron chi connectivity index (χ1n) is 4.60. The number of nitrogens with zero attached hydrogens (tertiary/aromatic N) is 1. The van der Waals surface area contributed by atoms with Gasteiger partial charge in [0.1, 0.15) is 0 Å². The van der Waals surface area contributed by atoms with Gasteiger partial charge in [-0.05, 0) is 13.8 Å². The zero-order valence-electron chi connectivity index (χ0n) is 9.26. The maximum absolute atomic E-state index is 11.4. The number of nitriles is 1. The molecule has 0 heterocycles. The Hall–Kier alpha value is -1.30. The number of rotatable bonds is 4. The number of carbonyl (C=O) groups is 1. The highest BCUT2D eigenvalue weighted by atomic mass is 16.5. The molecule has 0 aliphatic carbocycles. The van der Waals surface area contributed by atoms with Crippen LogP contribution in [-0.2, 0) is 9.53 Å². The van der Waals surface area contributed by atoms with Crippen molar-refractivity contribution in [2.75, 3.05) is 6.61 Å². The third-order valence-corrected chi connectivity index (χ3v) is 2.47. The van der Waals surface area contributed by atoms with Crippen molar-refractivity contribution in [1.82, 2.24) is 0 Å². The van der Waals surface area contributed by atoms with Crippen LogP contribution in [0.2, 0.25) is 0 Å². The van der Waals surface area contributed by atoms with Crippen LogP contribution in [0.1, 0.15) is 27.7 Å². The summed E-state index contributed by atoms with van der Waals surface area (Å²) in [4.78, 5) is 11.4. The van der Waals surface area contributed by atoms with Crippen LogP contribution in [0.3, 0.4) is 0 Å². The van der Waals surface area contributed by atoms with Crippen LogP contribution in [0.4, 0.5) is 0 Å². The van der Waals surface area contributed by atoms with E-state index in [-0.39, 0.29) is 0 Å². The fourth-order valence-corrected chi connectivity index (χ4v) is 0.981. The fraction of sp³-hybridized carbons (Fsp3) is 0.636. The van der Waals surface area contributed by atoms with Crippen molar-refractivity contribution in [1.29, 1.82) is 5.26 Å². The standard InChI is InChI=1S/C11H17NO2/c1-6-14-10(13)9(7-12)11(4,5)8(2)3/h9H,2,6H2,1,3-5H3. The van der Waals surface area contributed by atoms with Gasteiger partial charge in [-0.1, -0.05) is 26.0 Å². The first-order chi connectivity index (χ1) is 6.37. The van der Waals surface area contributed by atoms with Crippen molar-refractivity contribution in [2.24, 2.45) is 11.3 Å². The molecule has 0 aromatic rings. The molecule has 0 rings (SSSR count). The number of hydrogen-bond acceptors (Lipinski definition) is 3. The molecule has 3 nitrogen and oxygen atoms in total. The van der Waals surface area contributed by atoms with Gasteiger partial charge in [0.2, 0.25) is 0 Å². The maximum atomic E-state index is 11.4. The lowest BCUT2D eigenvalue weighted by atomic mass is 9.75. The van der Waals surface area contributed by atoms with Crippen LogP contribution in [0.15, 0.2) is 12.2 Å². The molecule has 78 valence electrons. The molecule has 0 aromatic carbocycles. The lowest BCUT2D eigenvalue weighted by molar-refractivity contribution is -0.148. The summed E-state index contributed by atoms with van der Waals surface area (Å²) in [5, 5.41) is 8.92. The summed E-state index contributed by atoms with van der Waals surface area (Å²) in [5.74, 6) is -1.25. The minimum atomic E-state index is -0.778. The van der Waals surface area contributed by atoms with Crippen LogP contribution >= 0.6 is 0 Å². The summed E-state index contributed by atoms with van der Waals surface area (Å²) in [6, 6.07) is 1.97. The average molecular weight is 195 g/mol. The Labute approximate surface area is 85.4 Å². The van der Waals surface area contributed by atoms with Crippen molar-refractivity contribution in [3.05, 3.63) is 12.2 Å². The Morgan fingerprint density at radius 1 is 1.64 bits per heavy atom. The average Bonchev–Trinajstić information content (AvgIpc) is 2.04. The van der Waals surface area contributed by atoms with E-state index in [1.165, 1.54) is 0 Å². The van der Waals surface area contributed by atoms with Gasteiger partial charge in [-0.15, -0.1) is 0 Å². The van der Waals surface area contributed by atoms with Crippen LogP contribution in [0, 0.1) is 22.7 Å². The molecule has 0 N–H and O–H groups in total. The lowest BCUT2D eigenvalue weighted by Crippen LogP contribution is -2.32. The second-order valence-electron chi connectivity index (χ2n) is 3.82. The Morgan fingerprint density at radius 3 is 2.43 bits per heavy atom. The summed E-state index contributed by atoms with van der Waals surface area (Å²) < 4.78 is 4.83. The molecule has 0 amide bonds. The molecule has 1 unspecified atom stereocenters. The van der Waals surface area contributed by atoms with Gasteiger partial charge in [0, 0.05) is 5.41 Å². The van der Waals surface area contributed by atoms with Gasteiger partial charge in [0.25, 0.3) is 0 Å². The van der Waals surface area contributed by atoms with Crippen LogP contribution in [0.25, 0.3) is 0 Å². The summed E-state index contributed by atoms with van der Waals surface area (Å²) >= 11 is 0. The minimum Gasteiger partial charge on any atom is -0.465 e. The molecule has 0 spiro atoms. The highest BCUT2D eigenvalue weighted by Gasteiger charge is 2.37. The van der Waals surface area contributed by atoms with Gasteiger partial charge in [0.05, 0.1) is 12.7 Å². The summed E-state index contributed by atoms with van der Waals surface area (Å²) in [6.45, 7) is 11.2. The second-order valence-corrected chi connectivity index (χ2v) is 3.82. The largest absolute Gasteiger partial charge is 0.465 e. The summed E-state index contributed by atoms with van der Waals surface area (Å²) in [7, 11) is 0. The molecule has 0 radical (unpaired) electrons. The third kappa shape index (κ3) is 2.59. The van der Waals surface area contributed by atoms with Crippen LogP contribution in [-0.4, -0.2) is 12.6 Å². The Bertz CT molecular complexity index is 274. The van der Waals surface area contributed by atoms with E-state index < -0.39 is 17.3 Å². The fourth-order valence-electron chi connectivity index (χ4n) is 0.981. The molecule has 0 aromatic heterocycles. The molecule has 0 saturated carbocycles. The molecule has 0 saturated heterocycles. The van der Waals surface area contributed by atoms with E-state index >= 15 is 0 Å². The van der Waals surface area contributed by atoms with Gasteiger partial charge in [-0.25, -0.2) is 0 Å². The molecule has 3 heteroatoms. The van der Waals surface area contributed by atoms with E-state index in [2.05, 4.69) is 6.58 Å². The van der Waals surface area contributed by atoms with Crippen LogP contribution < -0.4 is 0 Å². The van der Waals surface area contributed by atoms with Gasteiger partial charge in [-0.3, -0.25) is 4.79 Å². The number of hydrogen-bond donors (Lipinski definition) is 0. The maximum Gasteiger partial charge on any atom is 0.324 e. The zero-order chi connectivity index (χ0) is 11.4. The first kappa shape index (κ1) is 12.7. The number of carbonyl (C=O) groups excluding carboxylic acids is 1. The highest BCUT2D eigenvalue weighted by molar-refractivity contribution is 5.76. The van der Waals surface area contributed by atoms with Crippen molar-refractivity contribution >= 4 is 5.97 Å². The highest BCUT2D eigenvalue weighted by Crippen LogP contribution is 2.34. The van der Waals surface area contributed by atoms with Gasteiger partial charge in [0.15, 0.2) is 5.92 Å². The van der Waals surface area contributed by atoms with E-state index in [0.717, 1.165) is 5.57 Å². The monoisotopic (exact) mass is 195 g/mol. The zero-order valence-corrected chi connectivity index (χ0v) is 9.26. The molecule has 0 aliphatic rings. The molecule has 0 fully saturated rings. The topological polar surface area (TPSA) is 50.1 Å². The molecule has 0 bridgehead atoms. The van der Waals surface area contributed by atoms with E-state index in [0.29, 0.717) is 6.61 Å². The normalized spacial score (nSPS) is 12.8. The second kappa shape index (κ2) is 4.80. The van der Waals surface area contributed by atoms with Crippen LogP contribution in [0.5, 0.6) is 0 Å². The van der Waals surface area contributed by atoms with Gasteiger partial charge < -0.3 is 4.74 Å². The smallest absolute Gasteiger partial charge is 0.324 e. The van der Waals surface area contributed by atoms with E-state index in [1.54, 1.807) is 6.92 Å². The Morgan fingerprint density at radius 2 is 2.14 bits per heavy atom. The molecular weight excluding hydrogens is 178 g/mol. The van der Waals surface area contributed by atoms with Gasteiger partial charge in [-0.2, -0.15) is 5.26 Å². The summed E-state index contributed by atoms with van der Waals surface area (Å²) in [5.41, 5.74) is 0.262. The predicted octanol–water partition coefficient (Wildman–Crippen LogP) is 2.29. The SMILES string of the molecule is C=C(C)C(C)(C)C(C#N)C(=O)OCC. The molecule has 0 aliphatic heterocycles. The van der Waals surface area contributed by atoms with E-state index in [4.69, 9.17) is 10.00 Å². The molecule has 1 atom stereocenters. The number of allylic oxidation sites excluding steroid dienone is 1. The van der Waals surface area contributed by atoms with Crippen molar-refractivity contribution in [3.8, 4) is 6.07 Å². The first-order valence-corrected chi connectivity index (χ1v) is 4.60. The summed E-state index contributed by atoms with van der Waals surface area (Å²) in [6.07, 6.45) is 0. The minimum absolute atomic E-state index is 0.295. The third-order valence-electron chi connectivity index (χ3n) is 2.47. The molecule has 14 heavy (non-hydrogen) atoms. The Balaban J connectivity index is 4.83. The predicted molar refractivity (Wildman–Crippen MR) is 54.3 cm³/mol. The van der Waals surface area contributed by atoms with Crippen molar-refractivity contribution < 1.29 is 9.53 Å². The van der Waals surface area contributed by atoms with Crippen molar-refractivity contribution in [3.63, 3.8) is 0 Å². The van der Waals surface area contributed by atoms with Gasteiger partial charge >= 0.3 is 5.97 Å².